The van der Waals surface area contributed by atoms with Crippen LogP contribution in [0.1, 0.15) is 19.8 Å². The van der Waals surface area contributed by atoms with Gasteiger partial charge in [0, 0.05) is 23.0 Å². The van der Waals surface area contributed by atoms with E-state index in [0.29, 0.717) is 35.5 Å². The minimum atomic E-state index is -0.487. The number of anilines is 1. The first-order chi connectivity index (χ1) is 8.93. The van der Waals surface area contributed by atoms with Crippen LogP contribution in [0.3, 0.4) is 0 Å². The van der Waals surface area contributed by atoms with Crippen molar-refractivity contribution in [2.45, 2.75) is 19.8 Å². The van der Waals surface area contributed by atoms with Gasteiger partial charge in [0.25, 0.3) is 5.69 Å². The molecule has 0 aromatic heterocycles. The number of carbonyl (C=O) groups excluding carboxylic acids is 1. The number of carbonyl (C=O) groups is 1. The van der Waals surface area contributed by atoms with Gasteiger partial charge >= 0.3 is 0 Å². The van der Waals surface area contributed by atoms with Crippen molar-refractivity contribution in [3.05, 3.63) is 32.8 Å². The Balaban J connectivity index is 2.62. The van der Waals surface area contributed by atoms with Gasteiger partial charge < -0.3 is 11.1 Å². The Bertz CT molecular complexity index is 479. The molecule has 0 aliphatic rings. The number of benzene rings is 1. The number of non-ortho nitro benzene ring substituents is 1. The van der Waals surface area contributed by atoms with Gasteiger partial charge in [-0.25, -0.2) is 0 Å². The van der Waals surface area contributed by atoms with Crippen LogP contribution in [0.5, 0.6) is 0 Å². The number of nitrogens with one attached hydrogen (secondary N) is 1. The third-order valence-electron chi connectivity index (χ3n) is 2.70. The van der Waals surface area contributed by atoms with Gasteiger partial charge in [-0.3, -0.25) is 14.9 Å². The Kier molecular flexibility index (Phi) is 5.91. The zero-order valence-electron chi connectivity index (χ0n) is 10.6. The second kappa shape index (κ2) is 7.20. The predicted molar refractivity (Wildman–Crippen MR) is 76.9 cm³/mol. The molecule has 0 saturated heterocycles. The van der Waals surface area contributed by atoms with E-state index in [4.69, 9.17) is 5.73 Å². The van der Waals surface area contributed by atoms with Crippen LogP contribution in [0, 0.1) is 16.0 Å². The zero-order valence-corrected chi connectivity index (χ0v) is 12.1. The fourth-order valence-corrected chi connectivity index (χ4v) is 1.89. The highest BCUT2D eigenvalue weighted by Crippen LogP contribution is 2.27. The standard InChI is InChI=1S/C12H16BrN3O3/c1-8(7-14)2-5-12(17)15-11-4-3-9(16(18)19)6-10(11)13/h3-4,6,8H,2,5,7,14H2,1H3,(H,15,17). The van der Waals surface area contributed by atoms with E-state index in [-0.39, 0.29) is 11.6 Å². The number of amides is 1. The molecule has 104 valence electrons. The average molecular weight is 330 g/mol. The summed E-state index contributed by atoms with van der Waals surface area (Å²) in [6.45, 7) is 2.53. The van der Waals surface area contributed by atoms with E-state index in [1.807, 2.05) is 6.92 Å². The van der Waals surface area contributed by atoms with E-state index >= 15 is 0 Å². The van der Waals surface area contributed by atoms with Crippen molar-refractivity contribution in [1.82, 2.24) is 0 Å². The smallest absolute Gasteiger partial charge is 0.270 e. The molecule has 6 nitrogen and oxygen atoms in total. The maximum Gasteiger partial charge on any atom is 0.270 e. The third-order valence-corrected chi connectivity index (χ3v) is 3.36. The van der Waals surface area contributed by atoms with E-state index in [9.17, 15) is 14.9 Å². The first-order valence-corrected chi connectivity index (χ1v) is 6.67. The quantitative estimate of drug-likeness (QED) is 0.619. The van der Waals surface area contributed by atoms with Crippen LogP contribution in [-0.2, 0) is 4.79 Å². The number of hydrogen-bond acceptors (Lipinski definition) is 4. The van der Waals surface area contributed by atoms with Gasteiger partial charge in [-0.15, -0.1) is 0 Å². The molecule has 7 heteroatoms. The molecule has 19 heavy (non-hydrogen) atoms. The maximum atomic E-state index is 11.7. The largest absolute Gasteiger partial charge is 0.330 e. The molecule has 1 rings (SSSR count). The minimum Gasteiger partial charge on any atom is -0.330 e. The molecule has 0 saturated carbocycles. The predicted octanol–water partition coefficient (Wildman–Crippen LogP) is 2.67. The summed E-state index contributed by atoms with van der Waals surface area (Å²) >= 11 is 3.20. The summed E-state index contributed by atoms with van der Waals surface area (Å²) in [6.07, 6.45) is 1.09. The molecule has 1 amide bonds. The van der Waals surface area contributed by atoms with E-state index in [1.165, 1.54) is 18.2 Å². The fraction of sp³-hybridized carbons (Fsp3) is 0.417. The molecule has 3 N–H and O–H groups in total. The molecule has 1 atom stereocenters. The van der Waals surface area contributed by atoms with Gasteiger partial charge in [-0.1, -0.05) is 6.92 Å². The summed E-state index contributed by atoms with van der Waals surface area (Å²) < 4.78 is 0.488. The molecule has 1 aromatic carbocycles. The van der Waals surface area contributed by atoms with Gasteiger partial charge in [-0.05, 0) is 40.9 Å². The monoisotopic (exact) mass is 329 g/mol. The number of halogens is 1. The summed E-state index contributed by atoms with van der Waals surface area (Å²) in [5.41, 5.74) is 5.97. The molecule has 0 radical (unpaired) electrons. The number of nitrogens with zero attached hydrogens (tertiary/aromatic N) is 1. The Morgan fingerprint density at radius 2 is 2.26 bits per heavy atom. The van der Waals surface area contributed by atoms with Crippen molar-refractivity contribution in [2.75, 3.05) is 11.9 Å². The van der Waals surface area contributed by atoms with E-state index < -0.39 is 4.92 Å². The van der Waals surface area contributed by atoms with Gasteiger partial charge in [0.15, 0.2) is 0 Å². The molecule has 0 bridgehead atoms. The summed E-state index contributed by atoms with van der Waals surface area (Å²) in [6, 6.07) is 4.22. The van der Waals surface area contributed by atoms with Crippen LogP contribution < -0.4 is 11.1 Å². The Morgan fingerprint density at radius 1 is 1.58 bits per heavy atom. The lowest BCUT2D eigenvalue weighted by atomic mass is 10.1. The van der Waals surface area contributed by atoms with Crippen LogP contribution in [0.15, 0.2) is 22.7 Å². The van der Waals surface area contributed by atoms with Gasteiger partial charge in [0.1, 0.15) is 0 Å². The van der Waals surface area contributed by atoms with Crippen molar-refractivity contribution in [3.63, 3.8) is 0 Å². The highest BCUT2D eigenvalue weighted by molar-refractivity contribution is 9.10. The summed E-state index contributed by atoms with van der Waals surface area (Å²) in [4.78, 5) is 21.8. The van der Waals surface area contributed by atoms with Crippen molar-refractivity contribution < 1.29 is 9.72 Å². The molecule has 0 fully saturated rings. The van der Waals surface area contributed by atoms with Crippen LogP contribution in [0.25, 0.3) is 0 Å². The van der Waals surface area contributed by atoms with Crippen molar-refractivity contribution in [3.8, 4) is 0 Å². The highest BCUT2D eigenvalue weighted by Gasteiger charge is 2.11. The summed E-state index contributed by atoms with van der Waals surface area (Å²) in [5.74, 6) is 0.168. The summed E-state index contributed by atoms with van der Waals surface area (Å²) in [5, 5.41) is 13.3. The number of nitrogens with two attached hydrogens (primary N) is 1. The maximum absolute atomic E-state index is 11.7. The molecular weight excluding hydrogens is 314 g/mol. The van der Waals surface area contributed by atoms with E-state index in [1.54, 1.807) is 0 Å². The van der Waals surface area contributed by atoms with Crippen LogP contribution in [0.2, 0.25) is 0 Å². The molecule has 0 aliphatic heterocycles. The van der Waals surface area contributed by atoms with Crippen LogP contribution in [0.4, 0.5) is 11.4 Å². The van der Waals surface area contributed by atoms with Crippen LogP contribution >= 0.6 is 15.9 Å². The van der Waals surface area contributed by atoms with Crippen molar-refractivity contribution in [1.29, 1.82) is 0 Å². The van der Waals surface area contributed by atoms with Crippen molar-refractivity contribution in [2.24, 2.45) is 11.7 Å². The average Bonchev–Trinajstić information content (AvgIpc) is 2.38. The minimum absolute atomic E-state index is 0.0263. The lowest BCUT2D eigenvalue weighted by Crippen LogP contribution is -2.16. The van der Waals surface area contributed by atoms with Crippen LogP contribution in [-0.4, -0.2) is 17.4 Å². The van der Waals surface area contributed by atoms with Gasteiger partial charge in [-0.2, -0.15) is 0 Å². The molecule has 0 aliphatic carbocycles. The highest BCUT2D eigenvalue weighted by atomic mass is 79.9. The first kappa shape index (κ1) is 15.6. The lowest BCUT2D eigenvalue weighted by molar-refractivity contribution is -0.384. The fourth-order valence-electron chi connectivity index (χ4n) is 1.43. The number of nitro groups is 1. The Hall–Kier alpha value is -1.47. The molecule has 0 heterocycles. The number of hydrogen-bond donors (Lipinski definition) is 2. The first-order valence-electron chi connectivity index (χ1n) is 5.88. The van der Waals surface area contributed by atoms with Crippen molar-refractivity contribution >= 4 is 33.2 Å². The Labute approximate surface area is 119 Å². The van der Waals surface area contributed by atoms with Gasteiger partial charge in [0.05, 0.1) is 10.6 Å². The van der Waals surface area contributed by atoms with Gasteiger partial charge in [0.2, 0.25) is 5.91 Å². The second-order valence-electron chi connectivity index (χ2n) is 4.35. The lowest BCUT2D eigenvalue weighted by Gasteiger charge is -2.09. The number of rotatable bonds is 6. The number of nitro benzene ring substituents is 1. The molecule has 1 unspecified atom stereocenters. The Morgan fingerprint density at radius 3 is 2.79 bits per heavy atom. The molecule has 0 spiro atoms. The zero-order chi connectivity index (χ0) is 14.4. The molecular formula is C12H16BrN3O3. The normalized spacial score (nSPS) is 11.9. The molecule has 1 aromatic rings. The second-order valence-corrected chi connectivity index (χ2v) is 5.20. The summed E-state index contributed by atoms with van der Waals surface area (Å²) in [7, 11) is 0. The SMILES string of the molecule is CC(CN)CCC(=O)Nc1ccc([N+](=O)[O-])cc1Br. The topological polar surface area (TPSA) is 98.3 Å². The third kappa shape index (κ3) is 4.96. The van der Waals surface area contributed by atoms with E-state index in [2.05, 4.69) is 21.2 Å². The van der Waals surface area contributed by atoms with E-state index in [0.717, 1.165) is 0 Å².